The second-order valence-electron chi connectivity index (χ2n) is 12.3. The van der Waals surface area contributed by atoms with Crippen molar-refractivity contribution in [3.63, 3.8) is 0 Å². The Morgan fingerprint density at radius 3 is 1.76 bits per heavy atom. The number of carbonyl (C=O) groups excluding carboxylic acids is 2. The molecule has 2 N–H and O–H groups in total. The van der Waals surface area contributed by atoms with Gasteiger partial charge < -0.3 is 29.2 Å². The zero-order valence-corrected chi connectivity index (χ0v) is 27.3. The molecule has 2 aromatic rings. The third kappa shape index (κ3) is 9.93. The van der Waals surface area contributed by atoms with Crippen LogP contribution in [0, 0.1) is 11.8 Å². The van der Waals surface area contributed by atoms with Gasteiger partial charge in [0.1, 0.15) is 37.4 Å². The summed E-state index contributed by atoms with van der Waals surface area (Å²) in [5.74, 6) is 0.174. The van der Waals surface area contributed by atoms with Crippen LogP contribution in [0.25, 0.3) is 0 Å². The molecule has 3 rings (SSSR count). The maximum absolute atomic E-state index is 12.6. The van der Waals surface area contributed by atoms with E-state index in [1.165, 1.54) is 0 Å². The van der Waals surface area contributed by atoms with Gasteiger partial charge in [0.2, 0.25) is 0 Å². The summed E-state index contributed by atoms with van der Waals surface area (Å²) in [6.07, 6.45) is 5.93. The highest BCUT2D eigenvalue weighted by molar-refractivity contribution is 5.75. The molecule has 1 aliphatic carbocycles. The van der Waals surface area contributed by atoms with Gasteiger partial charge in [0.25, 0.3) is 0 Å². The number of hydrogen-bond acceptors (Lipinski definition) is 8. The summed E-state index contributed by atoms with van der Waals surface area (Å²) in [7, 11) is 1.67. The highest BCUT2D eigenvalue weighted by Crippen LogP contribution is 2.37. The quantitative estimate of drug-likeness (QED) is 0.166. The lowest BCUT2D eigenvalue weighted by Crippen LogP contribution is -2.32. The van der Waals surface area contributed by atoms with Crippen LogP contribution in [0.3, 0.4) is 0 Å². The number of allylic oxidation sites excluding steroid dienone is 2. The topological polar surface area (TPSA) is 112 Å². The lowest BCUT2D eigenvalue weighted by Gasteiger charge is -2.28. The Kier molecular flexibility index (Phi) is 13.7. The first-order valence-electron chi connectivity index (χ1n) is 15.9. The van der Waals surface area contributed by atoms with Crippen molar-refractivity contribution in [1.82, 2.24) is 0 Å². The number of rotatable bonds is 17. The van der Waals surface area contributed by atoms with Crippen LogP contribution in [0.5, 0.6) is 11.5 Å². The minimum absolute atomic E-state index is 0.00461. The van der Waals surface area contributed by atoms with Gasteiger partial charge in [0.05, 0.1) is 25.0 Å². The van der Waals surface area contributed by atoms with Crippen molar-refractivity contribution in [2.75, 3.05) is 26.9 Å². The molecule has 2 atom stereocenters. The first-order chi connectivity index (χ1) is 21.5. The smallest absolute Gasteiger partial charge is 0.309 e. The van der Waals surface area contributed by atoms with Crippen molar-refractivity contribution in [1.29, 1.82) is 0 Å². The minimum atomic E-state index is -1.000. The van der Waals surface area contributed by atoms with Crippen molar-refractivity contribution in [2.45, 2.75) is 83.3 Å². The summed E-state index contributed by atoms with van der Waals surface area (Å²) in [4.78, 5) is 24.9. The molecule has 1 saturated carbocycles. The van der Waals surface area contributed by atoms with Crippen LogP contribution in [0.1, 0.15) is 75.1 Å². The van der Waals surface area contributed by atoms with Gasteiger partial charge in [-0.25, -0.2) is 0 Å². The first-order valence-corrected chi connectivity index (χ1v) is 15.9. The number of carbonyl (C=O) groups is 2. The van der Waals surface area contributed by atoms with Crippen molar-refractivity contribution < 1.29 is 38.7 Å². The van der Waals surface area contributed by atoms with Gasteiger partial charge in [0, 0.05) is 5.41 Å². The van der Waals surface area contributed by atoms with Gasteiger partial charge in [-0.05, 0) is 79.3 Å². The average molecular weight is 623 g/mol. The van der Waals surface area contributed by atoms with E-state index in [0.717, 1.165) is 28.0 Å². The zero-order chi connectivity index (χ0) is 33.0. The molecular formula is C37H50O8. The van der Waals surface area contributed by atoms with E-state index in [1.807, 2.05) is 37.3 Å². The van der Waals surface area contributed by atoms with Gasteiger partial charge in [-0.1, -0.05) is 57.2 Å². The van der Waals surface area contributed by atoms with Gasteiger partial charge in [-0.2, -0.15) is 0 Å². The Morgan fingerprint density at radius 2 is 1.29 bits per heavy atom. The van der Waals surface area contributed by atoms with Crippen LogP contribution in [-0.4, -0.2) is 61.3 Å². The zero-order valence-electron chi connectivity index (χ0n) is 27.3. The number of ether oxygens (including phenoxy) is 4. The summed E-state index contributed by atoms with van der Waals surface area (Å²) < 4.78 is 22.1. The van der Waals surface area contributed by atoms with Gasteiger partial charge in [0.15, 0.2) is 0 Å². The molecule has 0 aromatic heterocycles. The average Bonchev–Trinajstić information content (AvgIpc) is 3.05. The fourth-order valence-corrected chi connectivity index (χ4v) is 5.58. The van der Waals surface area contributed by atoms with Crippen LogP contribution in [0.4, 0.5) is 0 Å². The number of aliphatic hydroxyl groups excluding tert-OH is 2. The number of benzene rings is 2. The molecule has 0 radical (unpaired) electrons. The van der Waals surface area contributed by atoms with E-state index in [4.69, 9.17) is 18.9 Å². The van der Waals surface area contributed by atoms with Crippen LogP contribution in [0.2, 0.25) is 0 Å². The van der Waals surface area contributed by atoms with Crippen LogP contribution >= 0.6 is 0 Å². The molecule has 0 spiro atoms. The molecule has 246 valence electrons. The third-order valence-electron chi connectivity index (χ3n) is 8.65. The summed E-state index contributed by atoms with van der Waals surface area (Å²) in [5.41, 5.74) is 3.98. The number of methoxy groups -OCH3 is 1. The Morgan fingerprint density at radius 1 is 0.822 bits per heavy atom. The molecule has 0 aliphatic heterocycles. The van der Waals surface area contributed by atoms with E-state index >= 15 is 0 Å². The lowest BCUT2D eigenvalue weighted by atomic mass is 9.77. The van der Waals surface area contributed by atoms with Gasteiger partial charge in [-0.3, -0.25) is 9.59 Å². The normalized spacial score (nSPS) is 17.9. The molecule has 0 amide bonds. The summed E-state index contributed by atoms with van der Waals surface area (Å²) >= 11 is 0. The molecule has 0 saturated heterocycles. The second-order valence-corrected chi connectivity index (χ2v) is 12.3. The van der Waals surface area contributed by atoms with E-state index in [1.54, 1.807) is 7.11 Å². The highest BCUT2D eigenvalue weighted by Gasteiger charge is 2.32. The molecule has 1 fully saturated rings. The van der Waals surface area contributed by atoms with E-state index in [9.17, 15) is 19.8 Å². The maximum Gasteiger partial charge on any atom is 0.309 e. The first kappa shape index (κ1) is 35.9. The van der Waals surface area contributed by atoms with Crippen molar-refractivity contribution in [2.24, 2.45) is 11.8 Å². The SMILES string of the molecule is C=CCc1cc(C(C)(C)c2ccc(OCC(O)COC(=O)C3CCC(C(=O)OCC(O)CC)CC3)c(CC=C)c2)ccc1OC. The van der Waals surface area contributed by atoms with E-state index in [0.29, 0.717) is 50.7 Å². The Balaban J connectivity index is 1.54. The number of aliphatic hydroxyl groups is 2. The summed E-state index contributed by atoms with van der Waals surface area (Å²) in [5, 5.41) is 20.1. The summed E-state index contributed by atoms with van der Waals surface area (Å²) in [6.45, 7) is 13.7. The highest BCUT2D eigenvalue weighted by atomic mass is 16.6. The third-order valence-corrected chi connectivity index (χ3v) is 8.65. The lowest BCUT2D eigenvalue weighted by molar-refractivity contribution is -0.158. The molecule has 45 heavy (non-hydrogen) atoms. The largest absolute Gasteiger partial charge is 0.496 e. The molecule has 2 aromatic carbocycles. The molecule has 1 aliphatic rings. The molecule has 2 unspecified atom stereocenters. The number of hydrogen-bond donors (Lipinski definition) is 2. The predicted octanol–water partition coefficient (Wildman–Crippen LogP) is 5.88. The molecule has 8 heteroatoms. The van der Waals surface area contributed by atoms with E-state index in [-0.39, 0.29) is 49.0 Å². The van der Waals surface area contributed by atoms with Crippen LogP contribution in [0.15, 0.2) is 61.7 Å². The predicted molar refractivity (Wildman–Crippen MR) is 175 cm³/mol. The van der Waals surface area contributed by atoms with Crippen molar-refractivity contribution >= 4 is 11.9 Å². The van der Waals surface area contributed by atoms with E-state index in [2.05, 4.69) is 45.2 Å². The van der Waals surface area contributed by atoms with Crippen LogP contribution < -0.4 is 9.47 Å². The fraction of sp³-hybridized carbons (Fsp3) is 0.514. The number of esters is 2. The second kappa shape index (κ2) is 17.2. The fourth-order valence-electron chi connectivity index (χ4n) is 5.58. The Hall–Kier alpha value is -3.62. The maximum atomic E-state index is 12.6. The monoisotopic (exact) mass is 622 g/mol. The Labute approximate surface area is 268 Å². The van der Waals surface area contributed by atoms with E-state index < -0.39 is 12.2 Å². The molecule has 0 bridgehead atoms. The molecular weight excluding hydrogens is 572 g/mol. The molecule has 8 nitrogen and oxygen atoms in total. The van der Waals surface area contributed by atoms with Gasteiger partial charge >= 0.3 is 11.9 Å². The van der Waals surface area contributed by atoms with Crippen molar-refractivity contribution in [3.05, 3.63) is 84.0 Å². The van der Waals surface area contributed by atoms with Crippen LogP contribution in [-0.2, 0) is 37.3 Å². The summed E-state index contributed by atoms with van der Waals surface area (Å²) in [6, 6.07) is 12.3. The van der Waals surface area contributed by atoms with Crippen molar-refractivity contribution in [3.8, 4) is 11.5 Å². The van der Waals surface area contributed by atoms with Gasteiger partial charge in [-0.15, -0.1) is 13.2 Å². The molecule has 0 heterocycles. The standard InChI is InChI=1S/C37H50O8/c1-7-10-27-20-29(16-18-33(27)42-6)37(4,5)30-17-19-34(28(21-30)11-8-2)43-23-32(39)24-45-36(41)26-14-12-25(13-15-26)35(40)44-22-31(38)9-3/h7-8,16-21,25-26,31-32,38-39H,1-2,9-15,22-24H2,3-6H3. The minimum Gasteiger partial charge on any atom is -0.496 e. The Bertz CT molecular complexity index is 1290.